The van der Waals surface area contributed by atoms with Crippen molar-refractivity contribution in [2.45, 2.75) is 71.6 Å². The first-order chi connectivity index (χ1) is 9.24. The van der Waals surface area contributed by atoms with Gasteiger partial charge in [0.25, 0.3) is 0 Å². The Kier molecular flexibility index (Phi) is 8.97. The lowest BCUT2D eigenvalue weighted by Gasteiger charge is -2.23. The van der Waals surface area contributed by atoms with Gasteiger partial charge in [-0.25, -0.2) is 5.01 Å². The van der Waals surface area contributed by atoms with Gasteiger partial charge in [-0.15, -0.1) is 0 Å². The average molecular weight is 283 g/mol. The Hall–Kier alpha value is -0.510. The van der Waals surface area contributed by atoms with Crippen LogP contribution in [-0.4, -0.2) is 28.2 Å². The highest BCUT2D eigenvalue weighted by Gasteiger charge is 2.14. The molecule has 0 fully saturated rings. The van der Waals surface area contributed by atoms with Gasteiger partial charge in [-0.2, -0.15) is 5.10 Å². The predicted molar refractivity (Wildman–Crippen MR) is 87.2 cm³/mol. The summed E-state index contributed by atoms with van der Waals surface area (Å²) < 4.78 is 0. The normalized spacial score (nSPS) is 15.8. The highest BCUT2D eigenvalue weighted by molar-refractivity contribution is 8.14. The van der Waals surface area contributed by atoms with Crippen LogP contribution in [0.1, 0.15) is 71.6 Å². The molecule has 1 rings (SSSR count). The molecule has 0 amide bonds. The molecule has 1 heterocycles. The monoisotopic (exact) mass is 283 g/mol. The van der Waals surface area contributed by atoms with E-state index < -0.39 is 0 Å². The zero-order valence-electron chi connectivity index (χ0n) is 12.6. The van der Waals surface area contributed by atoms with E-state index in [1.165, 1.54) is 51.4 Å². The molecule has 0 saturated heterocycles. The number of rotatable bonds is 10. The molecule has 0 radical (unpaired) electrons. The third-order valence-electron chi connectivity index (χ3n) is 3.42. The minimum Gasteiger partial charge on any atom is -0.277 e. The van der Waals surface area contributed by atoms with E-state index in [0.717, 1.165) is 24.4 Å². The molecule has 0 aromatic carbocycles. The van der Waals surface area contributed by atoms with Gasteiger partial charge in [-0.1, -0.05) is 70.1 Å². The molecule has 0 aromatic rings. The van der Waals surface area contributed by atoms with Crippen LogP contribution < -0.4 is 0 Å². The van der Waals surface area contributed by atoms with Gasteiger partial charge in [0.15, 0.2) is 5.17 Å². The van der Waals surface area contributed by atoms with E-state index in [2.05, 4.69) is 12.0 Å². The minimum atomic E-state index is 0.616. The van der Waals surface area contributed by atoms with E-state index in [-0.39, 0.29) is 0 Å². The number of hydrazone groups is 1. The number of unbranched alkanes of at least 4 members (excludes halogenated alkanes) is 8. The topological polar surface area (TPSA) is 39.5 Å². The maximum absolute atomic E-state index is 7.83. The summed E-state index contributed by atoms with van der Waals surface area (Å²) in [7, 11) is 0. The van der Waals surface area contributed by atoms with Crippen molar-refractivity contribution in [1.82, 2.24) is 5.01 Å². The molecule has 4 heteroatoms. The molecule has 1 aliphatic heterocycles. The van der Waals surface area contributed by atoms with Crippen molar-refractivity contribution in [3.05, 3.63) is 0 Å². The standard InChI is InChI=1S/C15H29N3S/c1-3-4-5-6-7-8-9-10-11-12-18-15(16)19-13-14(2)17-18/h16H,3-13H2,1-2H3. The zero-order valence-corrected chi connectivity index (χ0v) is 13.4. The second-order valence-electron chi connectivity index (χ2n) is 5.38. The summed E-state index contributed by atoms with van der Waals surface area (Å²) in [5.41, 5.74) is 1.14. The Morgan fingerprint density at radius 2 is 1.63 bits per heavy atom. The molecule has 1 N–H and O–H groups in total. The molecule has 0 aromatic heterocycles. The van der Waals surface area contributed by atoms with Crippen LogP contribution >= 0.6 is 11.8 Å². The fourth-order valence-electron chi connectivity index (χ4n) is 2.25. The number of nitrogens with one attached hydrogen (secondary N) is 1. The molecular weight excluding hydrogens is 254 g/mol. The van der Waals surface area contributed by atoms with E-state index >= 15 is 0 Å². The van der Waals surface area contributed by atoms with Gasteiger partial charge < -0.3 is 0 Å². The Morgan fingerprint density at radius 3 is 2.26 bits per heavy atom. The zero-order chi connectivity index (χ0) is 13.9. The fourth-order valence-corrected chi connectivity index (χ4v) is 2.94. The summed E-state index contributed by atoms with van der Waals surface area (Å²) in [6.07, 6.45) is 12.1. The maximum Gasteiger partial charge on any atom is 0.177 e. The molecule has 0 saturated carbocycles. The Labute approximate surface area is 122 Å². The molecule has 0 aliphatic carbocycles. The lowest BCUT2D eigenvalue weighted by atomic mass is 10.1. The first-order valence-corrected chi connectivity index (χ1v) is 8.75. The van der Waals surface area contributed by atoms with Crippen LogP contribution in [-0.2, 0) is 0 Å². The third kappa shape index (κ3) is 7.61. The minimum absolute atomic E-state index is 0.616. The molecule has 19 heavy (non-hydrogen) atoms. The number of nitrogens with zero attached hydrogens (tertiary/aromatic N) is 2. The van der Waals surface area contributed by atoms with E-state index in [0.29, 0.717) is 5.17 Å². The van der Waals surface area contributed by atoms with Crippen molar-refractivity contribution in [3.63, 3.8) is 0 Å². The third-order valence-corrected chi connectivity index (χ3v) is 4.46. The Bertz CT molecular complexity index is 289. The molecule has 0 atom stereocenters. The van der Waals surface area contributed by atoms with Crippen LogP contribution in [0.2, 0.25) is 0 Å². The van der Waals surface area contributed by atoms with Crippen molar-refractivity contribution < 1.29 is 0 Å². The predicted octanol–water partition coefficient (Wildman–Crippen LogP) is 4.88. The first kappa shape index (κ1) is 16.5. The second kappa shape index (κ2) is 10.3. The lowest BCUT2D eigenvalue weighted by molar-refractivity contribution is 0.423. The van der Waals surface area contributed by atoms with Gasteiger partial charge in [-0.05, 0) is 13.3 Å². The van der Waals surface area contributed by atoms with Crippen molar-refractivity contribution in [2.24, 2.45) is 5.10 Å². The van der Waals surface area contributed by atoms with E-state index in [1.54, 1.807) is 11.8 Å². The van der Waals surface area contributed by atoms with Gasteiger partial charge in [0.2, 0.25) is 0 Å². The Morgan fingerprint density at radius 1 is 1.05 bits per heavy atom. The van der Waals surface area contributed by atoms with Crippen LogP contribution in [0.3, 0.4) is 0 Å². The molecule has 3 nitrogen and oxygen atoms in total. The molecule has 110 valence electrons. The molecular formula is C15H29N3S. The largest absolute Gasteiger partial charge is 0.277 e. The van der Waals surface area contributed by atoms with E-state index in [9.17, 15) is 0 Å². The summed E-state index contributed by atoms with van der Waals surface area (Å²) >= 11 is 1.59. The molecule has 0 unspecified atom stereocenters. The van der Waals surface area contributed by atoms with Gasteiger partial charge in [0.1, 0.15) is 0 Å². The molecule has 1 aliphatic rings. The van der Waals surface area contributed by atoms with Crippen LogP contribution in [0.15, 0.2) is 5.10 Å². The van der Waals surface area contributed by atoms with Gasteiger partial charge >= 0.3 is 0 Å². The van der Waals surface area contributed by atoms with Crippen molar-refractivity contribution in [1.29, 1.82) is 5.41 Å². The summed E-state index contributed by atoms with van der Waals surface area (Å²) in [5.74, 6) is 0.882. The SMILES string of the molecule is CCCCCCCCCCCN1N=C(C)CSC1=N. The van der Waals surface area contributed by atoms with Crippen LogP contribution in [0, 0.1) is 5.41 Å². The van der Waals surface area contributed by atoms with E-state index in [1.807, 2.05) is 11.9 Å². The van der Waals surface area contributed by atoms with Crippen molar-refractivity contribution >= 4 is 22.6 Å². The maximum atomic E-state index is 7.83. The smallest absolute Gasteiger partial charge is 0.177 e. The number of hydrogen-bond donors (Lipinski definition) is 1. The second-order valence-corrected chi connectivity index (χ2v) is 6.34. The summed E-state index contributed by atoms with van der Waals surface area (Å²) in [4.78, 5) is 0. The Balaban J connectivity index is 1.96. The number of thioether (sulfide) groups is 1. The highest BCUT2D eigenvalue weighted by atomic mass is 32.2. The quantitative estimate of drug-likeness (QED) is 0.581. The van der Waals surface area contributed by atoms with Gasteiger partial charge in [-0.3, -0.25) is 5.41 Å². The number of amidine groups is 1. The molecule has 0 bridgehead atoms. The summed E-state index contributed by atoms with van der Waals surface area (Å²) in [6, 6.07) is 0. The average Bonchev–Trinajstić information content (AvgIpc) is 2.40. The molecule has 0 spiro atoms. The highest BCUT2D eigenvalue weighted by Crippen LogP contribution is 2.16. The van der Waals surface area contributed by atoms with Gasteiger partial charge in [0, 0.05) is 18.0 Å². The van der Waals surface area contributed by atoms with Gasteiger partial charge in [0.05, 0.1) is 0 Å². The summed E-state index contributed by atoms with van der Waals surface area (Å²) in [6.45, 7) is 5.22. The van der Waals surface area contributed by atoms with Crippen LogP contribution in [0.5, 0.6) is 0 Å². The van der Waals surface area contributed by atoms with Crippen molar-refractivity contribution in [2.75, 3.05) is 12.3 Å². The summed E-state index contributed by atoms with van der Waals surface area (Å²) in [5, 5.41) is 14.7. The van der Waals surface area contributed by atoms with Crippen LogP contribution in [0.25, 0.3) is 0 Å². The van der Waals surface area contributed by atoms with Crippen molar-refractivity contribution in [3.8, 4) is 0 Å². The fraction of sp³-hybridized carbons (Fsp3) is 0.867. The van der Waals surface area contributed by atoms with Crippen LogP contribution in [0.4, 0.5) is 0 Å². The lowest BCUT2D eigenvalue weighted by Crippen LogP contribution is -2.29. The van der Waals surface area contributed by atoms with E-state index in [4.69, 9.17) is 5.41 Å². The number of hydrogen-bond acceptors (Lipinski definition) is 3. The first-order valence-electron chi connectivity index (χ1n) is 7.77.